The predicted octanol–water partition coefficient (Wildman–Crippen LogP) is 0.468. The molecule has 0 radical (unpaired) electrons. The Balaban J connectivity index is 1.44. The van der Waals surface area contributed by atoms with Gasteiger partial charge in [0, 0.05) is 38.6 Å². The third-order valence-electron chi connectivity index (χ3n) is 4.44. The Morgan fingerprint density at radius 2 is 1.76 bits per heavy atom. The normalized spacial score (nSPS) is 14.9. The van der Waals surface area contributed by atoms with Crippen molar-refractivity contribution in [3.8, 4) is 0 Å². The molecule has 0 saturated carbocycles. The minimum atomic E-state index is -0.258. The van der Waals surface area contributed by atoms with Gasteiger partial charge in [-0.2, -0.15) is 0 Å². The van der Waals surface area contributed by atoms with E-state index in [2.05, 4.69) is 19.9 Å². The minimum absolute atomic E-state index is 0.0463. The quantitative estimate of drug-likeness (QED) is 0.750. The summed E-state index contributed by atoms with van der Waals surface area (Å²) in [6.45, 7) is 2.59. The van der Waals surface area contributed by atoms with Gasteiger partial charge >= 0.3 is 5.69 Å². The number of fused-ring (bicyclic) bond motifs is 1. The van der Waals surface area contributed by atoms with Gasteiger partial charge in [0.05, 0.1) is 11.0 Å². The van der Waals surface area contributed by atoms with Crippen LogP contribution in [0.25, 0.3) is 11.0 Å². The van der Waals surface area contributed by atoms with E-state index in [1.165, 1.54) is 4.57 Å². The predicted molar refractivity (Wildman–Crippen MR) is 93.4 cm³/mol. The van der Waals surface area contributed by atoms with Gasteiger partial charge in [-0.3, -0.25) is 9.36 Å². The van der Waals surface area contributed by atoms with E-state index >= 15 is 0 Å². The van der Waals surface area contributed by atoms with Crippen molar-refractivity contribution < 1.29 is 4.79 Å². The lowest BCUT2D eigenvalue weighted by molar-refractivity contribution is -0.132. The molecule has 8 heteroatoms. The molecule has 1 aliphatic rings. The maximum absolute atomic E-state index is 12.6. The van der Waals surface area contributed by atoms with Crippen LogP contribution in [-0.2, 0) is 11.3 Å². The zero-order valence-corrected chi connectivity index (χ0v) is 13.6. The van der Waals surface area contributed by atoms with Crippen LogP contribution < -0.4 is 10.6 Å². The molecule has 8 nitrogen and oxygen atoms in total. The Labute approximate surface area is 143 Å². The summed E-state index contributed by atoms with van der Waals surface area (Å²) in [6.07, 6.45) is 3.42. The van der Waals surface area contributed by atoms with E-state index in [4.69, 9.17) is 0 Å². The first-order valence-corrected chi connectivity index (χ1v) is 8.19. The molecule has 3 aromatic rings. The number of carbonyl (C=O) groups excluding carboxylic acids is 1. The fraction of sp³-hybridized carbons (Fsp3) is 0.294. The number of aromatic nitrogens is 4. The van der Waals surface area contributed by atoms with Crippen molar-refractivity contribution in [1.82, 2.24) is 24.4 Å². The van der Waals surface area contributed by atoms with Crippen molar-refractivity contribution in [2.75, 3.05) is 31.1 Å². The Bertz CT molecular complexity index is 940. The molecule has 3 heterocycles. The fourth-order valence-corrected chi connectivity index (χ4v) is 3.11. The number of para-hydroxylation sites is 2. The number of amides is 1. The lowest BCUT2D eigenvalue weighted by Gasteiger charge is -2.34. The Kier molecular flexibility index (Phi) is 3.93. The highest BCUT2D eigenvalue weighted by Gasteiger charge is 2.23. The number of nitrogens with zero attached hydrogens (tertiary/aromatic N) is 5. The van der Waals surface area contributed by atoms with Gasteiger partial charge in [-0.1, -0.05) is 12.1 Å². The van der Waals surface area contributed by atoms with Gasteiger partial charge in [0.2, 0.25) is 11.9 Å². The molecular weight excluding hydrogens is 320 g/mol. The molecule has 1 fully saturated rings. The summed E-state index contributed by atoms with van der Waals surface area (Å²) in [5, 5.41) is 0. The second-order valence-electron chi connectivity index (χ2n) is 5.95. The third kappa shape index (κ3) is 2.98. The second-order valence-corrected chi connectivity index (χ2v) is 5.95. The van der Waals surface area contributed by atoms with Gasteiger partial charge in [-0.15, -0.1) is 0 Å². The number of H-pyrrole nitrogens is 1. The molecule has 1 amide bonds. The molecule has 4 rings (SSSR count). The summed E-state index contributed by atoms with van der Waals surface area (Å²) in [7, 11) is 0. The highest BCUT2D eigenvalue weighted by molar-refractivity contribution is 5.80. The number of aromatic amines is 1. The van der Waals surface area contributed by atoms with Crippen LogP contribution in [0.1, 0.15) is 0 Å². The van der Waals surface area contributed by atoms with E-state index in [9.17, 15) is 9.59 Å². The number of rotatable bonds is 3. The average molecular weight is 338 g/mol. The van der Waals surface area contributed by atoms with Crippen LogP contribution in [0, 0.1) is 0 Å². The Morgan fingerprint density at radius 3 is 2.52 bits per heavy atom. The lowest BCUT2D eigenvalue weighted by Crippen LogP contribution is -2.50. The van der Waals surface area contributed by atoms with Crippen LogP contribution in [0.2, 0.25) is 0 Å². The van der Waals surface area contributed by atoms with E-state index in [-0.39, 0.29) is 18.1 Å². The number of hydrogen-bond acceptors (Lipinski definition) is 5. The van der Waals surface area contributed by atoms with Gasteiger partial charge in [-0.05, 0) is 18.2 Å². The SMILES string of the molecule is O=C(Cn1c(=O)[nH]c2ccccc21)N1CCN(c2ncccn2)CC1. The summed E-state index contributed by atoms with van der Waals surface area (Å²) < 4.78 is 1.49. The van der Waals surface area contributed by atoms with Crippen LogP contribution in [0.5, 0.6) is 0 Å². The summed E-state index contributed by atoms with van der Waals surface area (Å²) in [5.74, 6) is 0.628. The highest BCUT2D eigenvalue weighted by Crippen LogP contribution is 2.12. The molecule has 0 bridgehead atoms. The number of carbonyl (C=O) groups is 1. The molecule has 1 saturated heterocycles. The first kappa shape index (κ1) is 15.4. The van der Waals surface area contributed by atoms with Crippen molar-refractivity contribution in [3.63, 3.8) is 0 Å². The maximum Gasteiger partial charge on any atom is 0.326 e. The van der Waals surface area contributed by atoms with Gasteiger partial charge in [0.15, 0.2) is 0 Å². The number of benzene rings is 1. The van der Waals surface area contributed by atoms with E-state index in [1.807, 2.05) is 24.3 Å². The van der Waals surface area contributed by atoms with Crippen LogP contribution in [0.15, 0.2) is 47.5 Å². The van der Waals surface area contributed by atoms with Crippen LogP contribution in [0.4, 0.5) is 5.95 Å². The van der Waals surface area contributed by atoms with E-state index < -0.39 is 0 Å². The van der Waals surface area contributed by atoms with E-state index in [1.54, 1.807) is 23.4 Å². The number of nitrogens with one attached hydrogen (secondary N) is 1. The molecule has 0 spiro atoms. The molecule has 25 heavy (non-hydrogen) atoms. The minimum Gasteiger partial charge on any atom is -0.338 e. The highest BCUT2D eigenvalue weighted by atomic mass is 16.2. The number of hydrogen-bond donors (Lipinski definition) is 1. The fourth-order valence-electron chi connectivity index (χ4n) is 3.11. The summed E-state index contributed by atoms with van der Waals surface area (Å²) >= 11 is 0. The third-order valence-corrected chi connectivity index (χ3v) is 4.44. The van der Waals surface area contributed by atoms with Crippen molar-refractivity contribution in [2.45, 2.75) is 6.54 Å². The summed E-state index contributed by atoms with van der Waals surface area (Å²) in [4.78, 5) is 39.8. The van der Waals surface area contributed by atoms with E-state index in [0.29, 0.717) is 32.1 Å². The first-order valence-electron chi connectivity index (χ1n) is 8.19. The lowest BCUT2D eigenvalue weighted by atomic mass is 10.3. The molecule has 2 aromatic heterocycles. The summed E-state index contributed by atoms with van der Waals surface area (Å²) in [6, 6.07) is 9.16. The number of imidazole rings is 1. The smallest absolute Gasteiger partial charge is 0.326 e. The molecule has 1 aliphatic heterocycles. The van der Waals surface area contributed by atoms with Crippen LogP contribution in [0.3, 0.4) is 0 Å². The molecule has 0 unspecified atom stereocenters. The van der Waals surface area contributed by atoms with Gasteiger partial charge in [0.1, 0.15) is 6.54 Å². The molecule has 0 atom stereocenters. The maximum atomic E-state index is 12.6. The zero-order chi connectivity index (χ0) is 17.2. The zero-order valence-electron chi connectivity index (χ0n) is 13.6. The van der Waals surface area contributed by atoms with Crippen LogP contribution in [-0.4, -0.2) is 56.5 Å². The monoisotopic (exact) mass is 338 g/mol. The summed E-state index contributed by atoms with van der Waals surface area (Å²) in [5.41, 5.74) is 1.23. The van der Waals surface area contributed by atoms with Gasteiger partial charge in [0.25, 0.3) is 0 Å². The van der Waals surface area contributed by atoms with Crippen molar-refractivity contribution >= 4 is 22.9 Å². The van der Waals surface area contributed by atoms with Crippen molar-refractivity contribution in [2.24, 2.45) is 0 Å². The standard InChI is InChI=1S/C17H18N6O2/c24-15(12-23-14-5-2-1-4-13(14)20-17(23)25)21-8-10-22(11-9-21)16-18-6-3-7-19-16/h1-7H,8-12H2,(H,20,25). The molecule has 0 aliphatic carbocycles. The van der Waals surface area contributed by atoms with Crippen LogP contribution >= 0.6 is 0 Å². The largest absolute Gasteiger partial charge is 0.338 e. The first-order chi connectivity index (χ1) is 12.2. The van der Waals surface area contributed by atoms with Crippen molar-refractivity contribution in [3.05, 3.63) is 53.2 Å². The van der Waals surface area contributed by atoms with Crippen molar-refractivity contribution in [1.29, 1.82) is 0 Å². The van der Waals surface area contributed by atoms with Gasteiger partial charge in [-0.25, -0.2) is 14.8 Å². The Morgan fingerprint density at radius 1 is 1.04 bits per heavy atom. The Hall–Kier alpha value is -3.16. The second kappa shape index (κ2) is 6.39. The molecule has 128 valence electrons. The number of piperazine rings is 1. The van der Waals surface area contributed by atoms with E-state index in [0.717, 1.165) is 11.0 Å². The molecular formula is C17H18N6O2. The molecule has 1 aromatic carbocycles. The number of anilines is 1. The van der Waals surface area contributed by atoms with Gasteiger partial charge < -0.3 is 14.8 Å². The average Bonchev–Trinajstić information content (AvgIpc) is 2.98. The molecule has 1 N–H and O–H groups in total. The topological polar surface area (TPSA) is 87.1 Å².